The van der Waals surface area contributed by atoms with E-state index in [1.807, 2.05) is 12.1 Å². The maximum Gasteiger partial charge on any atom is 0.308 e. The van der Waals surface area contributed by atoms with E-state index in [2.05, 4.69) is 4.98 Å². The number of pyridine rings is 1. The number of aromatic nitrogens is 1. The lowest BCUT2D eigenvalue weighted by atomic mass is 9.98. The molecule has 2 aromatic rings. The summed E-state index contributed by atoms with van der Waals surface area (Å²) < 4.78 is 11.1. The molecule has 1 aliphatic rings. The number of carboxylic acid groups (broad SMARTS) is 1. The molecule has 0 unspecified atom stereocenters. The number of likely N-dealkylation sites (tertiary alicyclic amines) is 1. The zero-order valence-corrected chi connectivity index (χ0v) is 14.2. The molecule has 7 nitrogen and oxygen atoms in total. The van der Waals surface area contributed by atoms with Crippen LogP contribution in [-0.4, -0.2) is 46.6 Å². The van der Waals surface area contributed by atoms with Crippen LogP contribution in [0.15, 0.2) is 48.7 Å². The largest absolute Gasteiger partial charge is 0.484 e. The van der Waals surface area contributed by atoms with Gasteiger partial charge in [0, 0.05) is 25.4 Å². The van der Waals surface area contributed by atoms with Crippen LogP contribution in [0.2, 0.25) is 0 Å². The van der Waals surface area contributed by atoms with Crippen molar-refractivity contribution in [1.82, 2.24) is 9.88 Å². The number of benzene rings is 1. The molecule has 0 spiro atoms. The van der Waals surface area contributed by atoms with E-state index in [1.165, 1.54) is 0 Å². The van der Waals surface area contributed by atoms with Crippen molar-refractivity contribution in [1.29, 1.82) is 0 Å². The zero-order chi connectivity index (χ0) is 18.4. The topological polar surface area (TPSA) is 89.0 Å². The van der Waals surface area contributed by atoms with E-state index in [9.17, 15) is 9.59 Å². The average Bonchev–Trinajstić information content (AvgIpc) is 2.68. The highest BCUT2D eigenvalue weighted by molar-refractivity contribution is 5.79. The van der Waals surface area contributed by atoms with Gasteiger partial charge >= 0.3 is 5.97 Å². The molecule has 1 N–H and O–H groups in total. The molecule has 26 heavy (non-hydrogen) atoms. The second-order valence-corrected chi connectivity index (χ2v) is 6.05. The van der Waals surface area contributed by atoms with Crippen LogP contribution in [0.3, 0.4) is 0 Å². The van der Waals surface area contributed by atoms with Crippen LogP contribution < -0.4 is 9.47 Å². The van der Waals surface area contributed by atoms with Crippen LogP contribution in [0.4, 0.5) is 0 Å². The minimum atomic E-state index is -0.855. The summed E-state index contributed by atoms with van der Waals surface area (Å²) in [5, 5.41) is 9.09. The molecule has 7 heteroatoms. The fraction of sp³-hybridized carbons (Fsp3) is 0.316. The quantitative estimate of drug-likeness (QED) is 0.856. The number of ether oxygens (including phenoxy) is 2. The summed E-state index contributed by atoms with van der Waals surface area (Å²) in [4.78, 5) is 28.9. The Morgan fingerprint density at radius 1 is 1.15 bits per heavy atom. The van der Waals surface area contributed by atoms with Crippen molar-refractivity contribution in [2.75, 3.05) is 19.7 Å². The van der Waals surface area contributed by atoms with Crippen LogP contribution >= 0.6 is 0 Å². The fourth-order valence-electron chi connectivity index (χ4n) is 2.77. The Morgan fingerprint density at radius 2 is 1.92 bits per heavy atom. The van der Waals surface area contributed by atoms with E-state index < -0.39 is 11.9 Å². The van der Waals surface area contributed by atoms with Gasteiger partial charge in [0.15, 0.2) is 6.61 Å². The van der Waals surface area contributed by atoms with E-state index in [1.54, 1.807) is 41.4 Å². The summed E-state index contributed by atoms with van der Waals surface area (Å²) in [6.07, 6.45) is 2.95. The van der Waals surface area contributed by atoms with Gasteiger partial charge in [-0.15, -0.1) is 0 Å². The number of carbonyl (C=O) groups is 2. The summed E-state index contributed by atoms with van der Waals surface area (Å²) in [6.45, 7) is 0.698. The van der Waals surface area contributed by atoms with E-state index >= 15 is 0 Å². The number of carboxylic acids is 1. The van der Waals surface area contributed by atoms with Gasteiger partial charge in [0.25, 0.3) is 5.91 Å². The third-order valence-electron chi connectivity index (χ3n) is 4.17. The molecular formula is C19H20N2O5. The van der Waals surface area contributed by atoms with Crippen LogP contribution in [0.5, 0.6) is 17.4 Å². The van der Waals surface area contributed by atoms with E-state index in [4.69, 9.17) is 14.6 Å². The number of piperidine rings is 1. The number of carbonyl (C=O) groups excluding carboxylic acids is 1. The Kier molecular flexibility index (Phi) is 5.68. The third-order valence-corrected chi connectivity index (χ3v) is 4.17. The standard InChI is InChI=1S/C19H20N2O5/c22-18(21-11-3-4-14(12-21)19(23)24)13-25-15-6-8-16(9-7-15)26-17-5-1-2-10-20-17/h1-2,5-10,14H,3-4,11-13H2,(H,23,24)/t14-/m0/s1. The van der Waals surface area contributed by atoms with Crippen LogP contribution in [0, 0.1) is 5.92 Å². The second kappa shape index (κ2) is 8.33. The first-order valence-electron chi connectivity index (χ1n) is 8.44. The SMILES string of the molecule is O=C(O)[C@H]1CCCN(C(=O)COc2ccc(Oc3ccccn3)cc2)C1. The second-order valence-electron chi connectivity index (χ2n) is 6.05. The van der Waals surface area contributed by atoms with E-state index in [-0.39, 0.29) is 19.1 Å². The molecule has 0 saturated carbocycles. The Bertz CT molecular complexity index is 748. The van der Waals surface area contributed by atoms with E-state index in [0.717, 1.165) is 0 Å². The number of hydrogen-bond acceptors (Lipinski definition) is 5. The molecular weight excluding hydrogens is 336 g/mol. The molecule has 0 bridgehead atoms. The molecule has 1 saturated heterocycles. The summed E-state index contributed by atoms with van der Waals surface area (Å²) in [6, 6.07) is 12.3. The smallest absolute Gasteiger partial charge is 0.308 e. The highest BCUT2D eigenvalue weighted by Crippen LogP contribution is 2.22. The molecule has 0 aliphatic carbocycles. The monoisotopic (exact) mass is 356 g/mol. The molecule has 2 heterocycles. The maximum atomic E-state index is 12.2. The van der Waals surface area contributed by atoms with Crippen LogP contribution in [0.1, 0.15) is 12.8 Å². The molecule has 1 atom stereocenters. The highest BCUT2D eigenvalue weighted by Gasteiger charge is 2.28. The van der Waals surface area contributed by atoms with Crippen molar-refractivity contribution in [3.63, 3.8) is 0 Å². The van der Waals surface area contributed by atoms with Crippen molar-refractivity contribution >= 4 is 11.9 Å². The van der Waals surface area contributed by atoms with Gasteiger partial charge < -0.3 is 19.5 Å². The molecule has 1 aromatic carbocycles. The normalized spacial score (nSPS) is 16.8. The number of nitrogens with zero attached hydrogens (tertiary/aromatic N) is 2. The van der Waals surface area contributed by atoms with Gasteiger partial charge in [0.2, 0.25) is 5.88 Å². The molecule has 0 radical (unpaired) electrons. The Hall–Kier alpha value is -3.09. The first kappa shape index (κ1) is 17.7. The first-order valence-corrected chi connectivity index (χ1v) is 8.44. The van der Waals surface area contributed by atoms with Crippen molar-refractivity contribution in [2.24, 2.45) is 5.92 Å². The van der Waals surface area contributed by atoms with Gasteiger partial charge in [0.05, 0.1) is 5.92 Å². The van der Waals surface area contributed by atoms with Gasteiger partial charge in [0.1, 0.15) is 11.5 Å². The zero-order valence-electron chi connectivity index (χ0n) is 14.2. The number of hydrogen-bond donors (Lipinski definition) is 1. The highest BCUT2D eigenvalue weighted by atomic mass is 16.5. The third kappa shape index (κ3) is 4.72. The Labute approximate surface area is 151 Å². The molecule has 1 aromatic heterocycles. The maximum absolute atomic E-state index is 12.2. The number of amides is 1. The Balaban J connectivity index is 1.50. The summed E-state index contributed by atoms with van der Waals surface area (Å²) >= 11 is 0. The van der Waals surface area contributed by atoms with Crippen molar-refractivity contribution in [3.8, 4) is 17.4 Å². The average molecular weight is 356 g/mol. The predicted octanol–water partition coefficient (Wildman–Crippen LogP) is 2.58. The Morgan fingerprint density at radius 3 is 2.62 bits per heavy atom. The van der Waals surface area contributed by atoms with Gasteiger partial charge in [-0.05, 0) is 43.2 Å². The van der Waals surface area contributed by atoms with Crippen molar-refractivity contribution < 1.29 is 24.2 Å². The van der Waals surface area contributed by atoms with Gasteiger partial charge in [-0.25, -0.2) is 4.98 Å². The number of aliphatic carboxylic acids is 1. The van der Waals surface area contributed by atoms with Gasteiger partial charge in [-0.2, -0.15) is 0 Å². The molecule has 1 fully saturated rings. The number of rotatable bonds is 6. The minimum Gasteiger partial charge on any atom is -0.484 e. The molecule has 1 aliphatic heterocycles. The van der Waals surface area contributed by atoms with E-state index in [0.29, 0.717) is 36.8 Å². The molecule has 3 rings (SSSR count). The fourth-order valence-corrected chi connectivity index (χ4v) is 2.77. The molecule has 1 amide bonds. The van der Waals surface area contributed by atoms with Crippen molar-refractivity contribution in [3.05, 3.63) is 48.7 Å². The summed E-state index contributed by atoms with van der Waals surface area (Å²) in [7, 11) is 0. The lowest BCUT2D eigenvalue weighted by molar-refractivity contribution is -0.146. The summed E-state index contributed by atoms with van der Waals surface area (Å²) in [5.74, 6) is 0.100. The lowest BCUT2D eigenvalue weighted by Gasteiger charge is -2.30. The van der Waals surface area contributed by atoms with Crippen LogP contribution in [-0.2, 0) is 9.59 Å². The minimum absolute atomic E-state index is 0.118. The first-order chi connectivity index (χ1) is 12.6. The van der Waals surface area contributed by atoms with Crippen LogP contribution in [0.25, 0.3) is 0 Å². The predicted molar refractivity (Wildman–Crippen MR) is 93.2 cm³/mol. The lowest BCUT2D eigenvalue weighted by Crippen LogP contribution is -2.44. The van der Waals surface area contributed by atoms with Gasteiger partial charge in [-0.1, -0.05) is 6.07 Å². The summed E-state index contributed by atoms with van der Waals surface area (Å²) in [5.41, 5.74) is 0. The molecule has 136 valence electrons. The van der Waals surface area contributed by atoms with Gasteiger partial charge in [-0.3, -0.25) is 9.59 Å². The van der Waals surface area contributed by atoms with Crippen molar-refractivity contribution in [2.45, 2.75) is 12.8 Å².